The van der Waals surface area contributed by atoms with E-state index < -0.39 is 0 Å². The zero-order valence-electron chi connectivity index (χ0n) is 14.2. The highest BCUT2D eigenvalue weighted by Crippen LogP contribution is 2.28. The van der Waals surface area contributed by atoms with Crippen LogP contribution in [0.3, 0.4) is 0 Å². The Labute approximate surface area is 152 Å². The molecule has 0 aliphatic heterocycles. The van der Waals surface area contributed by atoms with E-state index in [9.17, 15) is 4.79 Å². The fourth-order valence-corrected chi connectivity index (χ4v) is 3.31. The molecule has 1 aromatic heterocycles. The van der Waals surface area contributed by atoms with Gasteiger partial charge in [-0.05, 0) is 43.2 Å². The second-order valence-electron chi connectivity index (χ2n) is 6.21. The predicted molar refractivity (Wildman–Crippen MR) is 99.9 cm³/mol. The number of pyridine rings is 1. The lowest BCUT2D eigenvalue weighted by atomic mass is 9.95. The standard InChI is InChI=1S/C19H22ClN3O2/c1-25-17-8-7-15(12-16(17)20)22-18-11-13(9-10-21-18)19(24)23-14-5-3-2-4-6-14/h7-12,14H,2-6H2,1H3,(H,21,22)(H,23,24). The second-order valence-corrected chi connectivity index (χ2v) is 6.62. The number of hydrogen-bond acceptors (Lipinski definition) is 4. The first-order valence-corrected chi connectivity index (χ1v) is 8.91. The molecule has 1 aromatic carbocycles. The predicted octanol–water partition coefficient (Wildman–Crippen LogP) is 4.55. The van der Waals surface area contributed by atoms with Crippen LogP contribution in [0.2, 0.25) is 5.02 Å². The number of nitrogens with one attached hydrogen (secondary N) is 2. The van der Waals surface area contributed by atoms with Crippen molar-refractivity contribution in [2.45, 2.75) is 38.1 Å². The zero-order chi connectivity index (χ0) is 17.6. The van der Waals surface area contributed by atoms with Gasteiger partial charge in [-0.1, -0.05) is 30.9 Å². The van der Waals surface area contributed by atoms with E-state index in [4.69, 9.17) is 16.3 Å². The van der Waals surface area contributed by atoms with Gasteiger partial charge in [0.05, 0.1) is 12.1 Å². The van der Waals surface area contributed by atoms with Gasteiger partial charge in [0.25, 0.3) is 5.91 Å². The Morgan fingerprint density at radius 1 is 1.20 bits per heavy atom. The van der Waals surface area contributed by atoms with Gasteiger partial charge >= 0.3 is 0 Å². The number of benzene rings is 1. The third kappa shape index (κ3) is 4.63. The third-order valence-corrected chi connectivity index (χ3v) is 4.68. The molecular formula is C19H22ClN3O2. The van der Waals surface area contributed by atoms with E-state index in [1.807, 2.05) is 6.07 Å². The van der Waals surface area contributed by atoms with Crippen LogP contribution in [0, 0.1) is 0 Å². The van der Waals surface area contributed by atoms with Crippen LogP contribution in [0.5, 0.6) is 5.75 Å². The number of carbonyl (C=O) groups excluding carboxylic acids is 1. The van der Waals surface area contributed by atoms with Crippen molar-refractivity contribution in [1.29, 1.82) is 0 Å². The fourth-order valence-electron chi connectivity index (χ4n) is 3.05. The molecule has 1 heterocycles. The largest absolute Gasteiger partial charge is 0.495 e. The molecule has 0 atom stereocenters. The quantitative estimate of drug-likeness (QED) is 0.822. The molecule has 1 amide bonds. The average Bonchev–Trinajstić information content (AvgIpc) is 2.63. The van der Waals surface area contributed by atoms with Gasteiger partial charge in [-0.15, -0.1) is 0 Å². The van der Waals surface area contributed by atoms with E-state index in [1.165, 1.54) is 19.3 Å². The van der Waals surface area contributed by atoms with Crippen LogP contribution in [-0.4, -0.2) is 24.0 Å². The van der Waals surface area contributed by atoms with Gasteiger partial charge in [0, 0.05) is 23.5 Å². The van der Waals surface area contributed by atoms with Crippen molar-refractivity contribution in [3.8, 4) is 5.75 Å². The highest BCUT2D eigenvalue weighted by Gasteiger charge is 2.17. The Hall–Kier alpha value is -2.27. The van der Waals surface area contributed by atoms with Gasteiger partial charge in [0.15, 0.2) is 0 Å². The molecule has 0 unspecified atom stereocenters. The molecule has 132 valence electrons. The Kier molecular flexibility index (Phi) is 5.76. The van der Waals surface area contributed by atoms with Crippen molar-refractivity contribution in [3.63, 3.8) is 0 Å². The van der Waals surface area contributed by atoms with E-state index >= 15 is 0 Å². The molecule has 0 bridgehead atoms. The molecule has 1 fully saturated rings. The summed E-state index contributed by atoms with van der Waals surface area (Å²) in [6.07, 6.45) is 7.39. The molecule has 0 radical (unpaired) electrons. The molecule has 0 saturated heterocycles. The molecule has 3 rings (SSSR count). The second kappa shape index (κ2) is 8.21. The van der Waals surface area contributed by atoms with Crippen molar-refractivity contribution in [2.75, 3.05) is 12.4 Å². The number of halogens is 1. The molecule has 2 aromatic rings. The van der Waals surface area contributed by atoms with Crippen molar-refractivity contribution in [2.24, 2.45) is 0 Å². The number of anilines is 2. The topological polar surface area (TPSA) is 63.2 Å². The fraction of sp³-hybridized carbons (Fsp3) is 0.368. The molecule has 1 aliphatic carbocycles. The Morgan fingerprint density at radius 3 is 2.72 bits per heavy atom. The minimum Gasteiger partial charge on any atom is -0.495 e. The van der Waals surface area contributed by atoms with E-state index in [0.29, 0.717) is 22.2 Å². The molecule has 25 heavy (non-hydrogen) atoms. The van der Waals surface area contributed by atoms with Gasteiger partial charge in [-0.25, -0.2) is 4.98 Å². The summed E-state index contributed by atoms with van der Waals surface area (Å²) >= 11 is 6.14. The first-order chi connectivity index (χ1) is 12.2. The summed E-state index contributed by atoms with van der Waals surface area (Å²) in [5.41, 5.74) is 1.38. The van der Waals surface area contributed by atoms with Gasteiger partial charge in [-0.3, -0.25) is 4.79 Å². The summed E-state index contributed by atoms with van der Waals surface area (Å²) in [5, 5.41) is 6.79. The lowest BCUT2D eigenvalue weighted by molar-refractivity contribution is 0.0927. The summed E-state index contributed by atoms with van der Waals surface area (Å²) in [6, 6.07) is 9.15. The van der Waals surface area contributed by atoms with Crippen LogP contribution in [0.25, 0.3) is 0 Å². The summed E-state index contributed by atoms with van der Waals surface area (Å²) in [6.45, 7) is 0. The SMILES string of the molecule is COc1ccc(Nc2cc(C(=O)NC3CCCCC3)ccn2)cc1Cl. The highest BCUT2D eigenvalue weighted by atomic mass is 35.5. The number of carbonyl (C=O) groups is 1. The van der Waals surface area contributed by atoms with E-state index in [-0.39, 0.29) is 11.9 Å². The van der Waals surface area contributed by atoms with Crippen LogP contribution in [-0.2, 0) is 0 Å². The van der Waals surface area contributed by atoms with Crippen LogP contribution in [0.4, 0.5) is 11.5 Å². The Morgan fingerprint density at radius 2 is 2.00 bits per heavy atom. The highest BCUT2D eigenvalue weighted by molar-refractivity contribution is 6.32. The van der Waals surface area contributed by atoms with E-state index in [0.717, 1.165) is 18.5 Å². The zero-order valence-corrected chi connectivity index (χ0v) is 15.0. The number of aromatic nitrogens is 1. The lowest BCUT2D eigenvalue weighted by Crippen LogP contribution is -2.36. The van der Waals surface area contributed by atoms with Crippen molar-refractivity contribution in [3.05, 3.63) is 47.1 Å². The molecule has 6 heteroatoms. The Bertz CT molecular complexity index is 745. The average molecular weight is 360 g/mol. The smallest absolute Gasteiger partial charge is 0.251 e. The number of hydrogen-bond donors (Lipinski definition) is 2. The maximum atomic E-state index is 12.5. The van der Waals surface area contributed by atoms with Gasteiger partial charge in [-0.2, -0.15) is 0 Å². The van der Waals surface area contributed by atoms with Crippen molar-refractivity contribution >= 4 is 29.0 Å². The third-order valence-electron chi connectivity index (χ3n) is 4.39. The maximum absolute atomic E-state index is 12.5. The number of amides is 1. The molecule has 0 spiro atoms. The van der Waals surface area contributed by atoms with Gasteiger partial charge in [0.1, 0.15) is 11.6 Å². The molecule has 1 saturated carbocycles. The summed E-state index contributed by atoms with van der Waals surface area (Å²) in [5.74, 6) is 1.16. The normalized spacial score (nSPS) is 14.8. The number of ether oxygens (including phenoxy) is 1. The van der Waals surface area contributed by atoms with Crippen LogP contribution in [0.1, 0.15) is 42.5 Å². The van der Waals surface area contributed by atoms with Crippen LogP contribution >= 0.6 is 11.6 Å². The maximum Gasteiger partial charge on any atom is 0.251 e. The lowest BCUT2D eigenvalue weighted by Gasteiger charge is -2.22. The number of rotatable bonds is 5. The van der Waals surface area contributed by atoms with E-state index in [2.05, 4.69) is 15.6 Å². The molecule has 1 aliphatic rings. The molecule has 2 N–H and O–H groups in total. The van der Waals surface area contributed by atoms with Crippen molar-refractivity contribution < 1.29 is 9.53 Å². The monoisotopic (exact) mass is 359 g/mol. The molecule has 5 nitrogen and oxygen atoms in total. The van der Waals surface area contributed by atoms with Gasteiger partial charge < -0.3 is 15.4 Å². The van der Waals surface area contributed by atoms with Gasteiger partial charge in [0.2, 0.25) is 0 Å². The van der Waals surface area contributed by atoms with Crippen LogP contribution < -0.4 is 15.4 Å². The summed E-state index contributed by atoms with van der Waals surface area (Å²) in [7, 11) is 1.57. The number of nitrogens with zero attached hydrogens (tertiary/aromatic N) is 1. The molecular weight excluding hydrogens is 338 g/mol. The first kappa shape index (κ1) is 17.5. The van der Waals surface area contributed by atoms with E-state index in [1.54, 1.807) is 37.6 Å². The van der Waals surface area contributed by atoms with Crippen molar-refractivity contribution in [1.82, 2.24) is 10.3 Å². The first-order valence-electron chi connectivity index (χ1n) is 8.53. The Balaban J connectivity index is 1.68. The van der Waals surface area contributed by atoms with Crippen LogP contribution in [0.15, 0.2) is 36.5 Å². The number of methoxy groups -OCH3 is 1. The minimum absolute atomic E-state index is 0.0508. The minimum atomic E-state index is -0.0508. The summed E-state index contributed by atoms with van der Waals surface area (Å²) < 4.78 is 5.14. The summed E-state index contributed by atoms with van der Waals surface area (Å²) in [4.78, 5) is 16.7.